The molecule has 2 rings (SSSR count). The average molecular weight is 389 g/mol. The molecular formula is C20H28N4O2S. The van der Waals surface area contributed by atoms with Gasteiger partial charge in [-0.05, 0) is 18.1 Å². The highest BCUT2D eigenvalue weighted by molar-refractivity contribution is 7.13. The number of nitrogens with one attached hydrogen (secondary N) is 3. The molecule has 1 aromatic heterocycles. The number of anilines is 2. The highest BCUT2D eigenvalue weighted by atomic mass is 32.1. The molecule has 0 aliphatic heterocycles. The topological polar surface area (TPSA) is 83.1 Å². The van der Waals surface area contributed by atoms with Crippen molar-refractivity contribution in [1.29, 1.82) is 0 Å². The molecule has 0 spiro atoms. The van der Waals surface area contributed by atoms with Gasteiger partial charge < -0.3 is 16.0 Å². The van der Waals surface area contributed by atoms with Crippen LogP contribution in [0, 0.1) is 11.8 Å². The van der Waals surface area contributed by atoms with E-state index in [0.717, 1.165) is 5.69 Å². The molecule has 0 aliphatic rings. The molecule has 7 heteroatoms. The molecule has 2 aromatic rings. The van der Waals surface area contributed by atoms with Crippen LogP contribution in [0.4, 0.5) is 10.8 Å². The summed E-state index contributed by atoms with van der Waals surface area (Å²) in [6.45, 7) is 8.43. The lowest BCUT2D eigenvalue weighted by Gasteiger charge is -2.24. The van der Waals surface area contributed by atoms with Crippen molar-refractivity contribution in [3.8, 4) is 0 Å². The third-order valence-corrected chi connectivity index (χ3v) is 4.90. The molecule has 1 aromatic carbocycles. The van der Waals surface area contributed by atoms with Gasteiger partial charge in [0.05, 0.1) is 12.1 Å². The highest BCUT2D eigenvalue weighted by Gasteiger charge is 2.16. The average Bonchev–Trinajstić information content (AvgIpc) is 3.05. The molecule has 3 N–H and O–H groups in total. The number of hydrogen-bond donors (Lipinski definition) is 3. The maximum Gasteiger partial charge on any atom is 0.228 e. The van der Waals surface area contributed by atoms with Crippen LogP contribution in [-0.4, -0.2) is 29.4 Å². The van der Waals surface area contributed by atoms with Crippen molar-refractivity contribution in [1.82, 2.24) is 10.3 Å². The third-order valence-electron chi connectivity index (χ3n) is 4.10. The number of hydrogen-bond acceptors (Lipinski definition) is 5. The van der Waals surface area contributed by atoms with E-state index in [1.165, 1.54) is 11.3 Å². The molecule has 0 bridgehead atoms. The summed E-state index contributed by atoms with van der Waals surface area (Å²) in [5, 5.41) is 11.5. The van der Waals surface area contributed by atoms with Crippen molar-refractivity contribution in [2.75, 3.05) is 17.2 Å². The number of carbonyl (C=O) groups is 2. The molecule has 6 nitrogen and oxygen atoms in total. The van der Waals surface area contributed by atoms with E-state index < -0.39 is 0 Å². The van der Waals surface area contributed by atoms with Crippen LogP contribution in [0.3, 0.4) is 0 Å². The Labute approximate surface area is 164 Å². The summed E-state index contributed by atoms with van der Waals surface area (Å²) in [7, 11) is 0. The van der Waals surface area contributed by atoms with E-state index in [1.807, 2.05) is 44.2 Å². The minimum Gasteiger partial charge on any atom is -0.380 e. The number of nitrogens with zero attached hydrogens (tertiary/aromatic N) is 1. The van der Waals surface area contributed by atoms with E-state index in [9.17, 15) is 9.59 Å². The highest BCUT2D eigenvalue weighted by Crippen LogP contribution is 2.17. The van der Waals surface area contributed by atoms with E-state index in [0.29, 0.717) is 23.3 Å². The van der Waals surface area contributed by atoms with Gasteiger partial charge in [-0.1, -0.05) is 45.9 Å². The van der Waals surface area contributed by atoms with Crippen molar-refractivity contribution in [3.63, 3.8) is 0 Å². The summed E-state index contributed by atoms with van der Waals surface area (Å²) in [5.74, 6) is 0.100. The van der Waals surface area contributed by atoms with Gasteiger partial charge in [-0.15, -0.1) is 11.3 Å². The second-order valence-electron chi connectivity index (χ2n) is 7.13. The van der Waals surface area contributed by atoms with E-state index >= 15 is 0 Å². The summed E-state index contributed by atoms with van der Waals surface area (Å²) in [6.07, 6.45) is 0.199. The molecule has 2 amide bonds. The zero-order valence-electron chi connectivity index (χ0n) is 16.3. The lowest BCUT2D eigenvalue weighted by molar-refractivity contribution is -0.120. The van der Waals surface area contributed by atoms with Crippen LogP contribution in [0.15, 0.2) is 35.7 Å². The summed E-state index contributed by atoms with van der Waals surface area (Å²) < 4.78 is 0. The monoisotopic (exact) mass is 388 g/mol. The molecular weight excluding hydrogens is 360 g/mol. The number of para-hydroxylation sites is 1. The quantitative estimate of drug-likeness (QED) is 0.614. The molecule has 1 atom stereocenters. The molecule has 1 heterocycles. The van der Waals surface area contributed by atoms with Crippen molar-refractivity contribution in [2.24, 2.45) is 11.8 Å². The van der Waals surface area contributed by atoms with Crippen molar-refractivity contribution >= 4 is 34.0 Å². The largest absolute Gasteiger partial charge is 0.380 e. The fraction of sp³-hybridized carbons (Fsp3) is 0.450. The number of carbonyl (C=O) groups excluding carboxylic acids is 2. The van der Waals surface area contributed by atoms with Crippen LogP contribution in [0.5, 0.6) is 0 Å². The van der Waals surface area contributed by atoms with Gasteiger partial charge in [0.25, 0.3) is 0 Å². The Kier molecular flexibility index (Phi) is 7.79. The lowest BCUT2D eigenvalue weighted by atomic mass is 10.0. The first-order valence-electron chi connectivity index (χ1n) is 9.18. The molecule has 146 valence electrons. The smallest absolute Gasteiger partial charge is 0.228 e. The maximum absolute atomic E-state index is 12.3. The van der Waals surface area contributed by atoms with Crippen LogP contribution >= 0.6 is 11.3 Å². The fourth-order valence-electron chi connectivity index (χ4n) is 2.35. The number of thiazole rings is 1. The fourth-order valence-corrected chi connectivity index (χ4v) is 3.06. The molecule has 0 saturated carbocycles. The van der Waals surface area contributed by atoms with Gasteiger partial charge in [-0.3, -0.25) is 9.59 Å². The minimum absolute atomic E-state index is 0.0767. The van der Waals surface area contributed by atoms with Gasteiger partial charge in [0.2, 0.25) is 11.8 Å². The van der Waals surface area contributed by atoms with Crippen molar-refractivity contribution in [2.45, 2.75) is 40.2 Å². The number of rotatable bonds is 9. The number of amides is 2. The van der Waals surface area contributed by atoms with Crippen molar-refractivity contribution < 1.29 is 9.59 Å². The SMILES string of the molecule is CC(C)C(=O)Nc1nc(CC(=O)NCC(Nc2ccccc2)C(C)C)cs1. The Morgan fingerprint density at radius 3 is 2.44 bits per heavy atom. The zero-order valence-corrected chi connectivity index (χ0v) is 17.1. The van der Waals surface area contributed by atoms with E-state index in [2.05, 4.69) is 34.8 Å². The van der Waals surface area contributed by atoms with Gasteiger partial charge in [0.1, 0.15) is 0 Å². The van der Waals surface area contributed by atoms with Crippen molar-refractivity contribution in [3.05, 3.63) is 41.4 Å². The summed E-state index contributed by atoms with van der Waals surface area (Å²) in [5.41, 5.74) is 1.70. The molecule has 1 unspecified atom stereocenters. The second-order valence-corrected chi connectivity index (χ2v) is 7.99. The normalized spacial score (nSPS) is 12.1. The Morgan fingerprint density at radius 2 is 1.81 bits per heavy atom. The Bertz CT molecular complexity index is 743. The van der Waals surface area contributed by atoms with Crippen LogP contribution in [0.25, 0.3) is 0 Å². The van der Waals surface area contributed by atoms with E-state index in [4.69, 9.17) is 0 Å². The van der Waals surface area contributed by atoms with Gasteiger partial charge in [-0.25, -0.2) is 4.98 Å². The van der Waals surface area contributed by atoms with E-state index in [-0.39, 0.29) is 30.2 Å². The maximum atomic E-state index is 12.3. The van der Waals surface area contributed by atoms with E-state index in [1.54, 1.807) is 5.38 Å². The van der Waals surface area contributed by atoms with Gasteiger partial charge in [0.15, 0.2) is 5.13 Å². The standard InChI is InChI=1S/C20H28N4O2S/c1-13(2)17(22-15-8-6-5-7-9-15)11-21-18(25)10-16-12-27-20(23-16)24-19(26)14(3)4/h5-9,12-14,17,22H,10-11H2,1-4H3,(H,21,25)(H,23,24,26). The van der Waals surface area contributed by atoms with Crippen LogP contribution in [0.1, 0.15) is 33.4 Å². The predicted octanol–water partition coefficient (Wildman–Crippen LogP) is 3.53. The molecule has 27 heavy (non-hydrogen) atoms. The number of benzene rings is 1. The second kappa shape index (κ2) is 10.1. The van der Waals surface area contributed by atoms with Crippen LogP contribution in [-0.2, 0) is 16.0 Å². The first-order chi connectivity index (χ1) is 12.8. The Balaban J connectivity index is 1.84. The van der Waals surface area contributed by atoms with Gasteiger partial charge >= 0.3 is 0 Å². The summed E-state index contributed by atoms with van der Waals surface area (Å²) in [4.78, 5) is 28.3. The molecule has 0 aliphatic carbocycles. The first kappa shape index (κ1) is 20.9. The minimum atomic E-state index is -0.106. The summed E-state index contributed by atoms with van der Waals surface area (Å²) in [6, 6.07) is 10.1. The predicted molar refractivity (Wildman–Crippen MR) is 111 cm³/mol. The van der Waals surface area contributed by atoms with Gasteiger partial charge in [0, 0.05) is 29.6 Å². The Hall–Kier alpha value is -2.41. The summed E-state index contributed by atoms with van der Waals surface area (Å²) >= 11 is 1.33. The number of aromatic nitrogens is 1. The molecule has 0 saturated heterocycles. The molecule has 0 fully saturated rings. The van der Waals surface area contributed by atoms with Gasteiger partial charge in [-0.2, -0.15) is 0 Å². The van der Waals surface area contributed by atoms with Crippen LogP contribution < -0.4 is 16.0 Å². The Morgan fingerprint density at radius 1 is 1.11 bits per heavy atom. The third kappa shape index (κ3) is 7.02. The zero-order chi connectivity index (χ0) is 19.8. The first-order valence-corrected chi connectivity index (χ1v) is 10.1. The molecule has 0 radical (unpaired) electrons. The van der Waals surface area contributed by atoms with Crippen LogP contribution in [0.2, 0.25) is 0 Å². The lowest BCUT2D eigenvalue weighted by Crippen LogP contribution is -2.40.